The van der Waals surface area contributed by atoms with Crippen LogP contribution in [0.25, 0.3) is 0 Å². The molecule has 25 heavy (non-hydrogen) atoms. The van der Waals surface area contributed by atoms with Crippen molar-refractivity contribution in [3.8, 4) is 0 Å². The van der Waals surface area contributed by atoms with E-state index in [0.717, 1.165) is 19.3 Å². The molecule has 1 saturated carbocycles. The standard InChI is InChI=1S/C19H29NO4S/c1-3-4-6-15-7-5-8-18(15)20-19(21)16-9-11-17(12-10-16)25(22,23)14-13-24-2/h9-12,15,18H,3-8,13-14H2,1-2H3,(H,20,21). The molecular weight excluding hydrogens is 338 g/mol. The average molecular weight is 368 g/mol. The predicted octanol–water partition coefficient (Wildman–Crippen LogP) is 3.20. The number of unbranched alkanes of at least 4 members (excludes halogenated alkanes) is 1. The van der Waals surface area contributed by atoms with E-state index in [0.29, 0.717) is 11.5 Å². The van der Waals surface area contributed by atoms with Gasteiger partial charge in [-0.2, -0.15) is 0 Å². The van der Waals surface area contributed by atoms with Gasteiger partial charge in [0, 0.05) is 18.7 Å². The van der Waals surface area contributed by atoms with E-state index in [4.69, 9.17) is 4.74 Å². The fourth-order valence-electron chi connectivity index (χ4n) is 3.41. The highest BCUT2D eigenvalue weighted by atomic mass is 32.2. The molecule has 1 aromatic rings. The second kappa shape index (κ2) is 9.34. The van der Waals surface area contributed by atoms with Crippen molar-refractivity contribution in [1.29, 1.82) is 0 Å². The number of ether oxygens (including phenoxy) is 1. The molecule has 1 aliphatic carbocycles. The lowest BCUT2D eigenvalue weighted by Gasteiger charge is -2.21. The van der Waals surface area contributed by atoms with Gasteiger partial charge in [-0.25, -0.2) is 8.42 Å². The van der Waals surface area contributed by atoms with Crippen molar-refractivity contribution in [1.82, 2.24) is 5.32 Å². The predicted molar refractivity (Wildman–Crippen MR) is 98.5 cm³/mol. The first kappa shape index (κ1) is 19.9. The molecule has 0 aromatic heterocycles. The molecule has 0 aliphatic heterocycles. The van der Waals surface area contributed by atoms with Crippen LogP contribution in [0.2, 0.25) is 0 Å². The fraction of sp³-hybridized carbons (Fsp3) is 0.632. The van der Waals surface area contributed by atoms with Crippen molar-refractivity contribution < 1.29 is 17.9 Å². The summed E-state index contributed by atoms with van der Waals surface area (Å²) in [7, 11) is -1.89. The van der Waals surface area contributed by atoms with Crippen molar-refractivity contribution in [2.45, 2.75) is 56.4 Å². The number of carbonyl (C=O) groups is 1. The van der Waals surface area contributed by atoms with E-state index in [1.807, 2.05) is 0 Å². The molecule has 1 aliphatic rings. The van der Waals surface area contributed by atoms with Gasteiger partial charge < -0.3 is 10.1 Å². The van der Waals surface area contributed by atoms with Crippen molar-refractivity contribution in [3.63, 3.8) is 0 Å². The van der Waals surface area contributed by atoms with Crippen LogP contribution >= 0.6 is 0 Å². The summed E-state index contributed by atoms with van der Waals surface area (Å²) in [6.45, 7) is 2.34. The van der Waals surface area contributed by atoms with E-state index in [2.05, 4.69) is 12.2 Å². The van der Waals surface area contributed by atoms with Crippen molar-refractivity contribution >= 4 is 15.7 Å². The van der Waals surface area contributed by atoms with E-state index in [9.17, 15) is 13.2 Å². The number of benzene rings is 1. The maximum absolute atomic E-state index is 12.5. The van der Waals surface area contributed by atoms with Crippen LogP contribution in [0, 0.1) is 5.92 Å². The Bertz CT molecular complexity index is 655. The highest BCUT2D eigenvalue weighted by Crippen LogP contribution is 2.30. The van der Waals surface area contributed by atoms with Gasteiger partial charge in [-0.05, 0) is 49.4 Å². The van der Waals surface area contributed by atoms with Crippen LogP contribution in [0.4, 0.5) is 0 Å². The molecule has 140 valence electrons. The van der Waals surface area contributed by atoms with Crippen LogP contribution in [0.3, 0.4) is 0 Å². The molecule has 1 amide bonds. The van der Waals surface area contributed by atoms with E-state index in [1.54, 1.807) is 12.1 Å². The van der Waals surface area contributed by atoms with Gasteiger partial charge in [0.2, 0.25) is 0 Å². The number of amides is 1. The number of nitrogens with one attached hydrogen (secondary N) is 1. The Labute approximate surface area is 151 Å². The van der Waals surface area contributed by atoms with Crippen molar-refractivity contribution in [2.24, 2.45) is 5.92 Å². The lowest BCUT2D eigenvalue weighted by molar-refractivity contribution is 0.0926. The monoisotopic (exact) mass is 367 g/mol. The molecule has 6 heteroatoms. The molecule has 0 radical (unpaired) electrons. The van der Waals surface area contributed by atoms with Crippen LogP contribution in [0.15, 0.2) is 29.2 Å². The third kappa shape index (κ3) is 5.54. The van der Waals surface area contributed by atoms with Gasteiger partial charge in [0.25, 0.3) is 5.91 Å². The minimum absolute atomic E-state index is 0.0593. The van der Waals surface area contributed by atoms with Gasteiger partial charge in [0.15, 0.2) is 9.84 Å². The third-order valence-corrected chi connectivity index (χ3v) is 6.63. The Kier molecular flexibility index (Phi) is 7.44. The molecule has 2 rings (SSSR count). The van der Waals surface area contributed by atoms with E-state index >= 15 is 0 Å². The molecule has 0 saturated heterocycles. The van der Waals surface area contributed by atoms with Gasteiger partial charge >= 0.3 is 0 Å². The van der Waals surface area contributed by atoms with Crippen LogP contribution in [0.1, 0.15) is 55.8 Å². The quantitative estimate of drug-likeness (QED) is 0.727. The minimum Gasteiger partial charge on any atom is -0.384 e. The zero-order chi connectivity index (χ0) is 18.3. The molecule has 2 atom stereocenters. The molecule has 1 aromatic carbocycles. The lowest BCUT2D eigenvalue weighted by Crippen LogP contribution is -2.37. The summed E-state index contributed by atoms with van der Waals surface area (Å²) in [4.78, 5) is 12.7. The first-order chi connectivity index (χ1) is 12.0. The Morgan fingerprint density at radius 2 is 1.96 bits per heavy atom. The van der Waals surface area contributed by atoms with E-state index < -0.39 is 9.84 Å². The van der Waals surface area contributed by atoms with Gasteiger partial charge in [-0.3, -0.25) is 4.79 Å². The molecule has 1 N–H and O–H groups in total. The van der Waals surface area contributed by atoms with Crippen molar-refractivity contribution in [3.05, 3.63) is 29.8 Å². The number of sulfone groups is 1. The summed E-state index contributed by atoms with van der Waals surface area (Å²) in [5.41, 5.74) is 0.506. The summed E-state index contributed by atoms with van der Waals surface area (Å²) in [6, 6.07) is 6.42. The van der Waals surface area contributed by atoms with Crippen LogP contribution < -0.4 is 5.32 Å². The SMILES string of the molecule is CCCCC1CCCC1NC(=O)c1ccc(S(=O)(=O)CCOC)cc1. The Balaban J connectivity index is 1.98. The number of methoxy groups -OCH3 is 1. The van der Waals surface area contributed by atoms with Crippen LogP contribution in [-0.4, -0.2) is 39.8 Å². The second-order valence-corrected chi connectivity index (χ2v) is 8.86. The number of rotatable bonds is 9. The summed E-state index contributed by atoms with van der Waals surface area (Å²) >= 11 is 0. The molecule has 2 unspecified atom stereocenters. The Morgan fingerprint density at radius 3 is 2.60 bits per heavy atom. The topological polar surface area (TPSA) is 72.5 Å². The zero-order valence-electron chi connectivity index (χ0n) is 15.2. The Hall–Kier alpha value is -1.40. The molecule has 0 bridgehead atoms. The van der Waals surface area contributed by atoms with Gasteiger partial charge in [-0.1, -0.05) is 26.2 Å². The average Bonchev–Trinajstić information content (AvgIpc) is 3.05. The highest BCUT2D eigenvalue weighted by molar-refractivity contribution is 7.91. The smallest absolute Gasteiger partial charge is 0.251 e. The Morgan fingerprint density at radius 1 is 1.24 bits per heavy atom. The van der Waals surface area contributed by atoms with Gasteiger partial charge in [0.05, 0.1) is 17.3 Å². The maximum Gasteiger partial charge on any atom is 0.251 e. The molecule has 1 fully saturated rings. The minimum atomic E-state index is -3.36. The molecular formula is C19H29NO4S. The van der Waals surface area contributed by atoms with Crippen LogP contribution in [-0.2, 0) is 14.6 Å². The normalized spacial score (nSPS) is 20.6. The van der Waals surface area contributed by atoms with E-state index in [1.165, 1.54) is 38.5 Å². The first-order valence-corrected chi connectivity index (χ1v) is 10.8. The number of carbonyl (C=O) groups excluding carboxylic acids is 1. The summed E-state index contributed by atoms with van der Waals surface area (Å²) in [5, 5.41) is 3.14. The van der Waals surface area contributed by atoms with Crippen molar-refractivity contribution in [2.75, 3.05) is 19.5 Å². The van der Waals surface area contributed by atoms with Gasteiger partial charge in [0.1, 0.15) is 0 Å². The summed E-state index contributed by atoms with van der Waals surface area (Å²) < 4.78 is 29.1. The fourth-order valence-corrected chi connectivity index (χ4v) is 4.59. The number of hydrogen-bond acceptors (Lipinski definition) is 4. The maximum atomic E-state index is 12.5. The van der Waals surface area contributed by atoms with E-state index in [-0.39, 0.29) is 29.2 Å². The number of hydrogen-bond donors (Lipinski definition) is 1. The summed E-state index contributed by atoms with van der Waals surface area (Å²) in [6.07, 6.45) is 6.92. The first-order valence-electron chi connectivity index (χ1n) is 9.10. The highest BCUT2D eigenvalue weighted by Gasteiger charge is 2.28. The zero-order valence-corrected chi connectivity index (χ0v) is 16.0. The largest absolute Gasteiger partial charge is 0.384 e. The lowest BCUT2D eigenvalue weighted by atomic mass is 9.96. The molecule has 0 spiro atoms. The second-order valence-electron chi connectivity index (χ2n) is 6.75. The summed E-state index contributed by atoms with van der Waals surface area (Å²) in [5.74, 6) is 0.391. The van der Waals surface area contributed by atoms with Crippen LogP contribution in [0.5, 0.6) is 0 Å². The molecule has 0 heterocycles. The third-order valence-electron chi connectivity index (χ3n) is 4.94. The van der Waals surface area contributed by atoms with Gasteiger partial charge in [-0.15, -0.1) is 0 Å². The molecule has 5 nitrogen and oxygen atoms in total.